The molecule has 0 saturated carbocycles. The molecule has 1 aromatic heterocycles. The molecular formula is C18H15N3O. The summed E-state index contributed by atoms with van der Waals surface area (Å²) in [7, 11) is 3.89. The fraction of sp³-hybridized carbons (Fsp3) is 0.111. The standard InChI is InChI=1S/C18H15N3O/c1-21(2)16-11-13(12-19)20-18-15(16)9-6-10-17(18)22-14-7-4-3-5-8-14/h3-11H,1-2H3. The maximum atomic E-state index is 9.21. The van der Waals surface area contributed by atoms with E-state index < -0.39 is 0 Å². The zero-order chi connectivity index (χ0) is 15.5. The molecule has 108 valence electrons. The molecule has 22 heavy (non-hydrogen) atoms. The Bertz CT molecular complexity index is 851. The first kappa shape index (κ1) is 13.9. The highest BCUT2D eigenvalue weighted by Crippen LogP contribution is 2.33. The van der Waals surface area contributed by atoms with E-state index in [2.05, 4.69) is 11.1 Å². The highest BCUT2D eigenvalue weighted by atomic mass is 16.5. The van der Waals surface area contributed by atoms with Crippen LogP contribution in [0, 0.1) is 11.3 Å². The smallest absolute Gasteiger partial charge is 0.153 e. The van der Waals surface area contributed by atoms with E-state index in [1.807, 2.05) is 67.5 Å². The third kappa shape index (κ3) is 2.57. The van der Waals surface area contributed by atoms with Gasteiger partial charge >= 0.3 is 0 Å². The van der Waals surface area contributed by atoms with Crippen LogP contribution in [-0.4, -0.2) is 19.1 Å². The minimum absolute atomic E-state index is 0.375. The number of hydrogen-bond donors (Lipinski definition) is 0. The van der Waals surface area contributed by atoms with Crippen LogP contribution in [0.5, 0.6) is 11.5 Å². The Morgan fingerprint density at radius 1 is 1.05 bits per heavy atom. The van der Waals surface area contributed by atoms with Crippen molar-refractivity contribution in [1.29, 1.82) is 5.26 Å². The Balaban J connectivity index is 2.19. The molecule has 0 spiro atoms. The molecule has 2 aromatic carbocycles. The van der Waals surface area contributed by atoms with Crippen molar-refractivity contribution in [3.63, 3.8) is 0 Å². The van der Waals surface area contributed by atoms with Crippen LogP contribution in [0.3, 0.4) is 0 Å². The van der Waals surface area contributed by atoms with Crippen molar-refractivity contribution in [2.24, 2.45) is 0 Å². The molecule has 0 radical (unpaired) electrons. The van der Waals surface area contributed by atoms with Crippen molar-refractivity contribution in [3.05, 3.63) is 60.3 Å². The zero-order valence-electron chi connectivity index (χ0n) is 12.4. The number of nitrogens with zero attached hydrogens (tertiary/aromatic N) is 3. The Hall–Kier alpha value is -3.06. The fourth-order valence-electron chi connectivity index (χ4n) is 2.33. The molecule has 0 aliphatic rings. The van der Waals surface area contributed by atoms with Crippen LogP contribution < -0.4 is 9.64 Å². The average molecular weight is 289 g/mol. The number of pyridine rings is 1. The lowest BCUT2D eigenvalue weighted by atomic mass is 10.1. The Morgan fingerprint density at radius 3 is 2.50 bits per heavy atom. The molecule has 0 aliphatic carbocycles. The summed E-state index contributed by atoms with van der Waals surface area (Å²) in [5.41, 5.74) is 2.01. The van der Waals surface area contributed by atoms with Crippen LogP contribution >= 0.6 is 0 Å². The van der Waals surface area contributed by atoms with Crippen molar-refractivity contribution in [3.8, 4) is 17.6 Å². The number of hydrogen-bond acceptors (Lipinski definition) is 4. The lowest BCUT2D eigenvalue weighted by Gasteiger charge is -2.17. The minimum Gasteiger partial charge on any atom is -0.455 e. The number of ether oxygens (including phenoxy) is 1. The normalized spacial score (nSPS) is 10.2. The number of rotatable bonds is 3. The minimum atomic E-state index is 0.375. The second-order valence-corrected chi connectivity index (χ2v) is 5.10. The second kappa shape index (κ2) is 5.74. The van der Waals surface area contributed by atoms with Crippen LogP contribution in [-0.2, 0) is 0 Å². The van der Waals surface area contributed by atoms with Gasteiger partial charge < -0.3 is 9.64 Å². The maximum Gasteiger partial charge on any atom is 0.153 e. The molecule has 0 bridgehead atoms. The largest absolute Gasteiger partial charge is 0.455 e. The van der Waals surface area contributed by atoms with Gasteiger partial charge in [-0.15, -0.1) is 0 Å². The summed E-state index contributed by atoms with van der Waals surface area (Å²) in [5, 5.41) is 10.2. The highest BCUT2D eigenvalue weighted by Gasteiger charge is 2.12. The third-order valence-electron chi connectivity index (χ3n) is 3.35. The van der Waals surface area contributed by atoms with Crippen LogP contribution in [0.1, 0.15) is 5.69 Å². The number of nitriles is 1. The van der Waals surface area contributed by atoms with Gasteiger partial charge in [-0.1, -0.05) is 30.3 Å². The number of aromatic nitrogens is 1. The van der Waals surface area contributed by atoms with Gasteiger partial charge in [0.2, 0.25) is 0 Å². The second-order valence-electron chi connectivity index (χ2n) is 5.10. The summed E-state index contributed by atoms with van der Waals surface area (Å²) in [4.78, 5) is 6.39. The van der Waals surface area contributed by atoms with Crippen LogP contribution in [0.15, 0.2) is 54.6 Å². The van der Waals surface area contributed by atoms with Gasteiger partial charge in [0.05, 0.1) is 0 Å². The lowest BCUT2D eigenvalue weighted by molar-refractivity contribution is 0.487. The summed E-state index contributed by atoms with van der Waals surface area (Å²) >= 11 is 0. The molecule has 0 fully saturated rings. The summed E-state index contributed by atoms with van der Waals surface area (Å²) in [6, 6.07) is 19.2. The van der Waals surface area contributed by atoms with Crippen molar-refractivity contribution < 1.29 is 4.74 Å². The number of fused-ring (bicyclic) bond motifs is 1. The highest BCUT2D eigenvalue weighted by molar-refractivity contribution is 5.95. The van der Waals surface area contributed by atoms with Crippen molar-refractivity contribution in [2.75, 3.05) is 19.0 Å². The Kier molecular flexibility index (Phi) is 3.63. The fourth-order valence-corrected chi connectivity index (χ4v) is 2.33. The molecule has 3 aromatic rings. The predicted octanol–water partition coefficient (Wildman–Crippen LogP) is 3.96. The quantitative estimate of drug-likeness (QED) is 0.732. The van der Waals surface area contributed by atoms with Gasteiger partial charge in [0.25, 0.3) is 0 Å². The summed E-state index contributed by atoms with van der Waals surface area (Å²) in [6.45, 7) is 0. The summed E-state index contributed by atoms with van der Waals surface area (Å²) in [6.07, 6.45) is 0. The van der Waals surface area contributed by atoms with E-state index in [0.717, 1.165) is 16.8 Å². The average Bonchev–Trinajstić information content (AvgIpc) is 2.55. The molecule has 4 heteroatoms. The molecule has 0 saturated heterocycles. The molecule has 1 heterocycles. The van der Waals surface area contributed by atoms with Crippen molar-refractivity contribution in [1.82, 2.24) is 4.98 Å². The molecule has 0 unspecified atom stereocenters. The van der Waals surface area contributed by atoms with E-state index in [-0.39, 0.29) is 0 Å². The van der Waals surface area contributed by atoms with E-state index >= 15 is 0 Å². The van der Waals surface area contributed by atoms with Gasteiger partial charge in [-0.2, -0.15) is 5.26 Å². The van der Waals surface area contributed by atoms with Crippen LogP contribution in [0.4, 0.5) is 5.69 Å². The topological polar surface area (TPSA) is 49.2 Å². The molecule has 4 nitrogen and oxygen atoms in total. The number of benzene rings is 2. The molecule has 0 N–H and O–H groups in total. The first-order valence-corrected chi connectivity index (χ1v) is 6.93. The number of para-hydroxylation sites is 2. The molecule has 0 aliphatic heterocycles. The maximum absolute atomic E-state index is 9.21. The third-order valence-corrected chi connectivity index (χ3v) is 3.35. The van der Waals surface area contributed by atoms with Gasteiger partial charge in [-0.05, 0) is 24.3 Å². The first-order valence-electron chi connectivity index (χ1n) is 6.93. The van der Waals surface area contributed by atoms with Crippen LogP contribution in [0.2, 0.25) is 0 Å². The zero-order valence-corrected chi connectivity index (χ0v) is 12.4. The predicted molar refractivity (Wildman–Crippen MR) is 87.3 cm³/mol. The first-order chi connectivity index (χ1) is 10.7. The molecule has 0 amide bonds. The van der Waals surface area contributed by atoms with Gasteiger partial charge in [-0.3, -0.25) is 0 Å². The van der Waals surface area contributed by atoms with Crippen molar-refractivity contribution >= 4 is 16.6 Å². The summed E-state index contributed by atoms with van der Waals surface area (Å²) in [5.74, 6) is 1.38. The molecule has 3 rings (SSSR count). The van der Waals surface area contributed by atoms with E-state index in [1.165, 1.54) is 0 Å². The van der Waals surface area contributed by atoms with Crippen LogP contribution in [0.25, 0.3) is 10.9 Å². The Labute approximate surface area is 129 Å². The SMILES string of the molecule is CN(C)c1cc(C#N)nc2c(Oc3ccccc3)cccc12. The van der Waals surface area contributed by atoms with E-state index in [4.69, 9.17) is 4.74 Å². The monoisotopic (exact) mass is 289 g/mol. The Morgan fingerprint density at radius 2 is 1.82 bits per heavy atom. The van der Waals surface area contributed by atoms with Gasteiger partial charge in [0, 0.05) is 25.2 Å². The van der Waals surface area contributed by atoms with E-state index in [9.17, 15) is 5.26 Å². The van der Waals surface area contributed by atoms with Crippen molar-refractivity contribution in [2.45, 2.75) is 0 Å². The molecule has 0 atom stereocenters. The van der Waals surface area contributed by atoms with E-state index in [0.29, 0.717) is 17.0 Å². The number of anilines is 1. The van der Waals surface area contributed by atoms with Gasteiger partial charge in [-0.25, -0.2) is 4.98 Å². The lowest BCUT2D eigenvalue weighted by Crippen LogP contribution is -2.10. The van der Waals surface area contributed by atoms with Gasteiger partial charge in [0.1, 0.15) is 23.0 Å². The summed E-state index contributed by atoms with van der Waals surface area (Å²) < 4.78 is 5.94. The van der Waals surface area contributed by atoms with Gasteiger partial charge in [0.15, 0.2) is 5.75 Å². The van der Waals surface area contributed by atoms with E-state index in [1.54, 1.807) is 6.07 Å². The molecular weight excluding hydrogens is 274 g/mol.